The molecule has 2 heterocycles. The Hall–Kier alpha value is -2.71. The summed E-state index contributed by atoms with van der Waals surface area (Å²) in [5, 5.41) is 27.4. The van der Waals surface area contributed by atoms with Crippen LogP contribution in [-0.4, -0.2) is 39.1 Å². The number of hydrogen-bond acceptors (Lipinski definition) is 8. The van der Waals surface area contributed by atoms with Gasteiger partial charge in [0.05, 0.1) is 6.42 Å². The molecule has 4 aromatic rings. The quantitative estimate of drug-likeness (QED) is 0.187. The van der Waals surface area contributed by atoms with Crippen molar-refractivity contribution in [2.45, 2.75) is 77.6 Å². The van der Waals surface area contributed by atoms with E-state index < -0.39 is 0 Å². The normalized spacial score (nSPS) is 15.8. The van der Waals surface area contributed by atoms with Crippen LogP contribution in [0, 0.1) is 6.92 Å². The molecule has 1 saturated carbocycles. The Morgan fingerprint density at radius 2 is 1.48 bits per heavy atom. The number of nitrogens with zero attached hydrogens (tertiary/aromatic N) is 4. The first kappa shape index (κ1) is 33.8. The number of carbonyl (C=O) groups excluding carboxylic acids is 1. The Balaban J connectivity index is 0.000000311. The van der Waals surface area contributed by atoms with Crippen LogP contribution < -0.4 is 10.6 Å². The molecule has 0 spiro atoms. The molecule has 7 nitrogen and oxygen atoms in total. The maximum absolute atomic E-state index is 12.3. The molecule has 11 heteroatoms. The summed E-state index contributed by atoms with van der Waals surface area (Å²) in [6.07, 6.45) is 6.90. The number of nitrogens with one attached hydrogen (secondary N) is 2. The summed E-state index contributed by atoms with van der Waals surface area (Å²) in [5.74, 6) is 2.64. The number of amides is 1. The molecule has 2 aromatic heterocycles. The van der Waals surface area contributed by atoms with Gasteiger partial charge < -0.3 is 10.6 Å². The molecule has 1 unspecified atom stereocenters. The van der Waals surface area contributed by atoms with Crippen molar-refractivity contribution in [3.8, 4) is 0 Å². The molecule has 1 aliphatic rings. The molecule has 2 N–H and O–H groups in total. The van der Waals surface area contributed by atoms with Gasteiger partial charge >= 0.3 is 0 Å². The Kier molecular flexibility index (Phi) is 14.5. The number of rotatable bonds is 8. The lowest BCUT2D eigenvalue weighted by atomic mass is 9.82. The summed E-state index contributed by atoms with van der Waals surface area (Å²) in [6, 6.07) is 15.8. The van der Waals surface area contributed by atoms with Crippen molar-refractivity contribution in [2.75, 3.05) is 17.7 Å². The second-order valence-corrected chi connectivity index (χ2v) is 13.0. The predicted molar refractivity (Wildman–Crippen MR) is 182 cm³/mol. The molecular weight excluding hydrogens is 603 g/mol. The summed E-state index contributed by atoms with van der Waals surface area (Å²) in [5.41, 5.74) is 3.44. The minimum atomic E-state index is -0.0634. The highest BCUT2D eigenvalue weighted by atomic mass is 35.5. The van der Waals surface area contributed by atoms with Crippen molar-refractivity contribution >= 4 is 65.1 Å². The van der Waals surface area contributed by atoms with Crippen molar-refractivity contribution in [3.05, 3.63) is 80.3 Å². The van der Waals surface area contributed by atoms with Gasteiger partial charge in [0.2, 0.25) is 16.2 Å². The number of aryl methyl sites for hydroxylation is 1. The summed E-state index contributed by atoms with van der Waals surface area (Å²) < 4.78 is 0. The third-order valence-corrected chi connectivity index (χ3v) is 9.01. The minimum Gasteiger partial charge on any atom is -0.363 e. The van der Waals surface area contributed by atoms with E-state index in [1.165, 1.54) is 28.9 Å². The first-order valence-electron chi connectivity index (χ1n) is 14.3. The zero-order chi connectivity index (χ0) is 30.3. The second-order valence-electron chi connectivity index (χ2n) is 10.2. The summed E-state index contributed by atoms with van der Waals surface area (Å²) >= 11 is 8.81. The lowest BCUT2D eigenvalue weighted by Gasteiger charge is -2.25. The largest absolute Gasteiger partial charge is 0.363 e. The van der Waals surface area contributed by atoms with E-state index in [1.807, 2.05) is 68.3 Å². The highest BCUT2D eigenvalue weighted by molar-refractivity contribution is 7.18. The van der Waals surface area contributed by atoms with E-state index in [2.05, 4.69) is 53.7 Å². The van der Waals surface area contributed by atoms with Gasteiger partial charge in [-0.3, -0.25) is 4.79 Å². The number of aromatic nitrogens is 4. The Bertz CT molecular complexity index is 1380. The van der Waals surface area contributed by atoms with E-state index in [9.17, 15) is 4.79 Å². The fourth-order valence-corrected chi connectivity index (χ4v) is 6.50. The molecule has 224 valence electrons. The maximum atomic E-state index is 12.3. The summed E-state index contributed by atoms with van der Waals surface area (Å²) in [6.45, 7) is 6.28. The van der Waals surface area contributed by atoms with Crippen molar-refractivity contribution in [3.63, 3.8) is 0 Å². The topological polar surface area (TPSA) is 92.7 Å². The number of halogens is 1. The maximum Gasteiger partial charge on any atom is 0.230 e. The van der Waals surface area contributed by atoms with Gasteiger partial charge in [0.25, 0.3) is 0 Å². The molecular formula is C31H40ClN6OPS2. The first-order chi connectivity index (χ1) is 20.3. The van der Waals surface area contributed by atoms with E-state index >= 15 is 0 Å². The molecule has 42 heavy (non-hydrogen) atoms. The lowest BCUT2D eigenvalue weighted by Crippen LogP contribution is -2.14. The van der Waals surface area contributed by atoms with Gasteiger partial charge in [-0.1, -0.05) is 109 Å². The lowest BCUT2D eigenvalue weighted by molar-refractivity contribution is -0.115. The highest BCUT2D eigenvalue weighted by Gasteiger charge is 2.29. The molecule has 0 saturated heterocycles. The molecule has 5 rings (SSSR count). The second kappa shape index (κ2) is 18.1. The van der Waals surface area contributed by atoms with Gasteiger partial charge in [0, 0.05) is 23.9 Å². The molecule has 1 aliphatic carbocycles. The zero-order valence-electron chi connectivity index (χ0n) is 24.7. The Morgan fingerprint density at radius 3 is 2.02 bits per heavy atom. The van der Waals surface area contributed by atoms with Gasteiger partial charge in [0.15, 0.2) is 0 Å². The first-order valence-corrected chi connectivity index (χ1v) is 16.9. The molecule has 0 aliphatic heterocycles. The van der Waals surface area contributed by atoms with E-state index in [4.69, 9.17) is 11.6 Å². The average molecular weight is 643 g/mol. The molecule has 2 aromatic carbocycles. The van der Waals surface area contributed by atoms with Crippen LogP contribution in [0.15, 0.2) is 48.5 Å². The van der Waals surface area contributed by atoms with Gasteiger partial charge in [-0.05, 0) is 55.9 Å². The molecule has 0 bridgehead atoms. The van der Waals surface area contributed by atoms with Crippen LogP contribution in [0.25, 0.3) is 0 Å². The van der Waals surface area contributed by atoms with E-state index in [0.717, 1.165) is 57.8 Å². The smallest absolute Gasteiger partial charge is 0.230 e. The van der Waals surface area contributed by atoms with Crippen molar-refractivity contribution in [2.24, 2.45) is 0 Å². The van der Waals surface area contributed by atoms with Crippen LogP contribution in [0.2, 0.25) is 5.02 Å². The van der Waals surface area contributed by atoms with E-state index in [1.54, 1.807) is 11.3 Å². The van der Waals surface area contributed by atoms with Gasteiger partial charge in [0.1, 0.15) is 10.0 Å². The number of anilines is 2. The summed E-state index contributed by atoms with van der Waals surface area (Å²) in [7, 11) is 5.16. The fraction of sp³-hybridized carbons (Fsp3) is 0.419. The standard InChI is InChI=1S/C20H24N6OS2.C8H8ClP.C3H8/c1-12-6-8-13(9-7-12)10-16(27)22-20-26-24-18(29-20)15-5-3-4-14(11-15)17-23-25-19(21-2)28-17;9-8-3-1-7(2-4-8)5-6-10;1-3-2/h6-9,14-15H,3-5,10-11H2,1-2H3,(H,21,25)(H,22,26,27);1-4,6,10H,5H2;3H2,1-2H3/t14-,15?;;/m0../s1. The predicted octanol–water partition coefficient (Wildman–Crippen LogP) is 8.61. The van der Waals surface area contributed by atoms with Gasteiger partial charge in [-0.15, -0.1) is 29.3 Å². The molecule has 0 radical (unpaired) electrons. The van der Waals surface area contributed by atoms with Crippen molar-refractivity contribution in [1.82, 2.24) is 20.4 Å². The van der Waals surface area contributed by atoms with Crippen LogP contribution in [0.3, 0.4) is 0 Å². The van der Waals surface area contributed by atoms with Gasteiger partial charge in [-0.2, -0.15) is 0 Å². The van der Waals surface area contributed by atoms with Crippen LogP contribution >= 0.6 is 43.1 Å². The number of carbonyl (C=O) groups is 1. The van der Waals surface area contributed by atoms with Crippen LogP contribution in [-0.2, 0) is 17.6 Å². The third kappa shape index (κ3) is 11.2. The minimum absolute atomic E-state index is 0.0634. The van der Waals surface area contributed by atoms with Crippen LogP contribution in [0.1, 0.15) is 84.5 Å². The number of benzene rings is 2. The molecule has 2 atom stereocenters. The highest BCUT2D eigenvalue weighted by Crippen LogP contribution is 2.43. The van der Waals surface area contributed by atoms with Crippen LogP contribution in [0.5, 0.6) is 0 Å². The summed E-state index contributed by atoms with van der Waals surface area (Å²) in [4.78, 5) is 12.3. The number of hydrogen-bond donors (Lipinski definition) is 2. The molecule has 1 fully saturated rings. The SMILES string of the molecule is CCC.CNc1nnc([C@H]2CCCC(c3nnc(NC(=O)Cc4ccc(C)cc4)s3)C2)s1.P=CCc1ccc(Cl)cc1. The Labute approximate surface area is 264 Å². The van der Waals surface area contributed by atoms with Crippen molar-refractivity contribution < 1.29 is 4.79 Å². The van der Waals surface area contributed by atoms with E-state index in [-0.39, 0.29) is 5.91 Å². The zero-order valence-corrected chi connectivity index (χ0v) is 28.1. The third-order valence-electron chi connectivity index (χ3n) is 6.45. The monoisotopic (exact) mass is 642 g/mol. The Morgan fingerprint density at radius 1 is 0.929 bits per heavy atom. The average Bonchev–Trinajstić information content (AvgIpc) is 3.67. The molecule has 1 amide bonds. The van der Waals surface area contributed by atoms with Crippen LogP contribution in [0.4, 0.5) is 10.3 Å². The van der Waals surface area contributed by atoms with Gasteiger partial charge in [-0.25, -0.2) is 0 Å². The van der Waals surface area contributed by atoms with E-state index in [0.29, 0.717) is 23.4 Å². The van der Waals surface area contributed by atoms with Crippen molar-refractivity contribution in [1.29, 1.82) is 0 Å². The fourth-order valence-electron chi connectivity index (χ4n) is 4.38.